The van der Waals surface area contributed by atoms with Crippen molar-refractivity contribution >= 4 is 50.3 Å². The van der Waals surface area contributed by atoms with Crippen molar-refractivity contribution in [1.82, 2.24) is 9.66 Å². The predicted octanol–water partition coefficient (Wildman–Crippen LogP) is 5.34. The van der Waals surface area contributed by atoms with Crippen molar-refractivity contribution < 1.29 is 9.66 Å². The second-order valence-electron chi connectivity index (χ2n) is 7.07. The zero-order valence-corrected chi connectivity index (χ0v) is 19.5. The molecule has 8 nitrogen and oxygen atoms in total. The van der Waals surface area contributed by atoms with Crippen LogP contribution in [0.2, 0.25) is 5.02 Å². The van der Waals surface area contributed by atoms with Crippen LogP contribution in [0.1, 0.15) is 38.6 Å². The van der Waals surface area contributed by atoms with Gasteiger partial charge in [0.05, 0.1) is 28.1 Å². The van der Waals surface area contributed by atoms with Crippen molar-refractivity contribution in [2.24, 2.45) is 5.10 Å². The molecule has 0 saturated carbocycles. The average molecular weight is 508 g/mol. The molecule has 0 fully saturated rings. The molecule has 0 N–H and O–H groups in total. The lowest BCUT2D eigenvalue weighted by atomic mass is 10.2. The van der Waals surface area contributed by atoms with Crippen molar-refractivity contribution in [2.45, 2.75) is 39.7 Å². The summed E-state index contributed by atoms with van der Waals surface area (Å²) in [5.74, 6) is 0.524. The number of aryl methyl sites for hydroxylation is 1. The van der Waals surface area contributed by atoms with Gasteiger partial charge in [-0.3, -0.25) is 14.9 Å². The molecule has 0 aliphatic heterocycles. The van der Waals surface area contributed by atoms with Crippen LogP contribution in [0, 0.1) is 10.1 Å². The van der Waals surface area contributed by atoms with Crippen molar-refractivity contribution in [3.63, 3.8) is 0 Å². The molecule has 0 aliphatic carbocycles. The third kappa shape index (κ3) is 5.11. The zero-order chi connectivity index (χ0) is 22.7. The Hall–Kier alpha value is -2.78. The average Bonchev–Trinajstić information content (AvgIpc) is 2.69. The van der Waals surface area contributed by atoms with E-state index in [9.17, 15) is 14.9 Å². The van der Waals surface area contributed by atoms with Crippen LogP contribution < -0.4 is 10.3 Å². The van der Waals surface area contributed by atoms with E-state index >= 15 is 0 Å². The first-order valence-corrected chi connectivity index (χ1v) is 10.8. The first-order chi connectivity index (χ1) is 14.7. The Morgan fingerprint density at radius 3 is 2.74 bits per heavy atom. The van der Waals surface area contributed by atoms with Crippen LogP contribution >= 0.6 is 27.5 Å². The van der Waals surface area contributed by atoms with E-state index in [1.165, 1.54) is 23.0 Å². The van der Waals surface area contributed by atoms with E-state index in [0.717, 1.165) is 10.9 Å². The number of aromatic nitrogens is 2. The number of nitro groups is 1. The number of hydrogen-bond acceptors (Lipinski definition) is 6. The lowest BCUT2D eigenvalue weighted by molar-refractivity contribution is -0.386. The number of benzene rings is 2. The van der Waals surface area contributed by atoms with E-state index in [0.29, 0.717) is 23.1 Å². The third-order valence-electron chi connectivity index (χ3n) is 4.27. The van der Waals surface area contributed by atoms with Gasteiger partial charge in [-0.05, 0) is 44.5 Å². The molecule has 0 radical (unpaired) electrons. The molecular weight excluding hydrogens is 488 g/mol. The first-order valence-electron chi connectivity index (χ1n) is 9.61. The highest BCUT2D eigenvalue weighted by molar-refractivity contribution is 9.10. The number of rotatable bonds is 7. The minimum atomic E-state index is -0.565. The number of hydrogen-bond donors (Lipinski definition) is 0. The Morgan fingerprint density at radius 2 is 2.10 bits per heavy atom. The van der Waals surface area contributed by atoms with Gasteiger partial charge in [-0.1, -0.05) is 34.5 Å². The highest BCUT2D eigenvalue weighted by atomic mass is 79.9. The van der Waals surface area contributed by atoms with Crippen LogP contribution in [0.15, 0.2) is 44.7 Å². The van der Waals surface area contributed by atoms with Gasteiger partial charge in [0, 0.05) is 27.5 Å². The summed E-state index contributed by atoms with van der Waals surface area (Å²) in [4.78, 5) is 28.6. The minimum absolute atomic E-state index is 0.0368. The Morgan fingerprint density at radius 1 is 1.35 bits per heavy atom. The topological polar surface area (TPSA) is 99.6 Å². The summed E-state index contributed by atoms with van der Waals surface area (Å²) in [5.41, 5.74) is 0.250. The quantitative estimate of drug-likeness (QED) is 0.244. The monoisotopic (exact) mass is 506 g/mol. The maximum Gasteiger partial charge on any atom is 0.313 e. The Balaban J connectivity index is 2.21. The molecule has 0 bridgehead atoms. The van der Waals surface area contributed by atoms with Crippen molar-refractivity contribution in [2.75, 3.05) is 0 Å². The van der Waals surface area contributed by atoms with Crippen molar-refractivity contribution in [3.05, 3.63) is 71.7 Å². The Bertz CT molecular complexity index is 1240. The molecule has 0 amide bonds. The molecule has 0 saturated heterocycles. The molecule has 10 heteroatoms. The molecule has 1 aromatic heterocycles. The summed E-state index contributed by atoms with van der Waals surface area (Å²) in [6.45, 7) is 5.49. The summed E-state index contributed by atoms with van der Waals surface area (Å²) >= 11 is 9.45. The predicted molar refractivity (Wildman–Crippen MR) is 125 cm³/mol. The lowest BCUT2D eigenvalue weighted by Gasteiger charge is -2.13. The van der Waals surface area contributed by atoms with E-state index in [2.05, 4.69) is 26.0 Å². The standard InChI is InChI=1S/C21H20BrClN4O4/c1-4-5-19-25-17-7-6-14(22)9-16(17)21(28)26(19)24-11-13-8-15(23)10-18(27(29)30)20(13)31-12(2)3/h6-12H,4-5H2,1-3H3. The van der Waals surface area contributed by atoms with Crippen LogP contribution in [0.5, 0.6) is 5.75 Å². The fourth-order valence-electron chi connectivity index (χ4n) is 3.01. The van der Waals surface area contributed by atoms with Gasteiger partial charge >= 0.3 is 5.69 Å². The summed E-state index contributed by atoms with van der Waals surface area (Å²) in [7, 11) is 0. The molecule has 3 rings (SSSR count). The molecule has 0 spiro atoms. The Labute approximate surface area is 191 Å². The summed E-state index contributed by atoms with van der Waals surface area (Å²) in [6, 6.07) is 8.00. The lowest BCUT2D eigenvalue weighted by Crippen LogP contribution is -2.22. The fraction of sp³-hybridized carbons (Fsp3) is 0.286. The van der Waals surface area contributed by atoms with Crippen LogP contribution in [-0.2, 0) is 6.42 Å². The van der Waals surface area contributed by atoms with Gasteiger partial charge in [0.2, 0.25) is 5.75 Å². The molecule has 31 heavy (non-hydrogen) atoms. The molecule has 0 aliphatic rings. The van der Waals surface area contributed by atoms with E-state index in [1.54, 1.807) is 26.0 Å². The van der Waals surface area contributed by atoms with Gasteiger partial charge in [0.1, 0.15) is 5.82 Å². The number of nitro benzene ring substituents is 1. The minimum Gasteiger partial charge on any atom is -0.484 e. The fourth-order valence-corrected chi connectivity index (χ4v) is 3.60. The molecule has 0 atom stereocenters. The highest BCUT2D eigenvalue weighted by Crippen LogP contribution is 2.34. The third-order valence-corrected chi connectivity index (χ3v) is 4.99. The van der Waals surface area contributed by atoms with Gasteiger partial charge in [0.15, 0.2) is 0 Å². The van der Waals surface area contributed by atoms with Crippen LogP contribution in [0.25, 0.3) is 10.9 Å². The van der Waals surface area contributed by atoms with Crippen molar-refractivity contribution in [1.29, 1.82) is 0 Å². The SMILES string of the molecule is CCCc1nc2ccc(Br)cc2c(=O)n1N=Cc1cc(Cl)cc([N+](=O)[O-])c1OC(C)C. The number of nitrogens with zero attached hydrogens (tertiary/aromatic N) is 4. The summed E-state index contributed by atoms with van der Waals surface area (Å²) < 4.78 is 7.63. The van der Waals surface area contributed by atoms with Gasteiger partial charge < -0.3 is 4.74 Å². The zero-order valence-electron chi connectivity index (χ0n) is 17.1. The number of fused-ring (bicyclic) bond motifs is 1. The van der Waals surface area contributed by atoms with Gasteiger partial charge in [-0.25, -0.2) is 4.98 Å². The molecule has 3 aromatic rings. The second-order valence-corrected chi connectivity index (χ2v) is 8.42. The Kier molecular flexibility index (Phi) is 7.07. The highest BCUT2D eigenvalue weighted by Gasteiger charge is 2.21. The maximum atomic E-state index is 13.1. The van der Waals surface area contributed by atoms with E-state index in [1.807, 2.05) is 13.0 Å². The molecular formula is C21H20BrClN4O4. The summed E-state index contributed by atoms with van der Waals surface area (Å²) in [6.07, 6.45) is 2.31. The van der Waals surface area contributed by atoms with Crippen LogP contribution in [0.3, 0.4) is 0 Å². The van der Waals surface area contributed by atoms with E-state index < -0.39 is 4.92 Å². The van der Waals surface area contributed by atoms with Gasteiger partial charge in [-0.15, -0.1) is 0 Å². The van der Waals surface area contributed by atoms with Crippen molar-refractivity contribution in [3.8, 4) is 5.75 Å². The smallest absolute Gasteiger partial charge is 0.313 e. The van der Waals surface area contributed by atoms with Crippen LogP contribution in [-0.4, -0.2) is 26.9 Å². The molecule has 162 valence electrons. The molecule has 0 unspecified atom stereocenters. The first kappa shape index (κ1) is 22.9. The number of halogens is 2. The normalized spacial score (nSPS) is 11.5. The van der Waals surface area contributed by atoms with Gasteiger partial charge in [0.25, 0.3) is 5.56 Å². The number of ether oxygens (including phenoxy) is 1. The molecule has 1 heterocycles. The van der Waals surface area contributed by atoms with Gasteiger partial charge in [-0.2, -0.15) is 9.78 Å². The van der Waals surface area contributed by atoms with E-state index in [-0.39, 0.29) is 33.7 Å². The van der Waals surface area contributed by atoms with Crippen LogP contribution in [0.4, 0.5) is 5.69 Å². The molecule has 2 aromatic carbocycles. The summed E-state index contributed by atoms with van der Waals surface area (Å²) in [5, 5.41) is 16.4. The largest absolute Gasteiger partial charge is 0.484 e. The van der Waals surface area contributed by atoms with E-state index in [4.69, 9.17) is 16.3 Å². The maximum absolute atomic E-state index is 13.1. The second kappa shape index (κ2) is 9.57.